The van der Waals surface area contributed by atoms with Gasteiger partial charge < -0.3 is 31.8 Å². The molecule has 0 unspecified atom stereocenters. The Morgan fingerprint density at radius 1 is 0.964 bits per heavy atom. The largest absolute Gasteiger partial charge is 0.493 e. The van der Waals surface area contributed by atoms with Crippen LogP contribution in [0.4, 0.5) is 22.7 Å². The van der Waals surface area contributed by atoms with E-state index in [9.17, 15) is 10.1 Å². The maximum Gasteiger partial charge on any atom is 0.295 e. The van der Waals surface area contributed by atoms with E-state index in [2.05, 4.69) is 0 Å². The lowest BCUT2D eigenvalue weighted by atomic mass is 10.1. The number of aliphatic hydroxyl groups excluding tert-OH is 1. The summed E-state index contributed by atoms with van der Waals surface area (Å²) >= 11 is 0. The Bertz CT molecular complexity index is 797. The van der Waals surface area contributed by atoms with Crippen LogP contribution in [-0.2, 0) is 12.8 Å². The topological polar surface area (TPSA) is 160 Å². The van der Waals surface area contributed by atoms with Gasteiger partial charge in [0.05, 0.1) is 35.6 Å². The molecule has 0 atom stereocenters. The van der Waals surface area contributed by atoms with E-state index < -0.39 is 4.92 Å². The zero-order valence-electron chi connectivity index (χ0n) is 15.1. The number of nitrogen functional groups attached to an aromatic ring is 3. The molecule has 0 saturated heterocycles. The van der Waals surface area contributed by atoms with Gasteiger partial charge in [-0.25, -0.2) is 0 Å². The highest BCUT2D eigenvalue weighted by atomic mass is 16.6. The molecule has 2 aromatic carbocycles. The molecule has 0 amide bonds. The highest BCUT2D eigenvalue weighted by Gasteiger charge is 2.20. The first-order valence-corrected chi connectivity index (χ1v) is 8.48. The van der Waals surface area contributed by atoms with Crippen molar-refractivity contribution in [3.05, 3.63) is 45.5 Å². The van der Waals surface area contributed by atoms with Gasteiger partial charge in [0.1, 0.15) is 17.2 Å². The van der Waals surface area contributed by atoms with Gasteiger partial charge in [-0.15, -0.1) is 0 Å². The standard InChI is InChI=1S/C8H8N2O3.C8H10N2O.C2H6O.CH4/c9-6-3-5-1-2-13-8(5)4-7(6)10(11)12;9-6-3-5-1-2-11-8(5)4-7(6)10;1-2-3;/h3-4H,1-2,9H2;3-4H,1-2,9-10H2;3H,2H2,1H3;1H4. The van der Waals surface area contributed by atoms with E-state index in [1.54, 1.807) is 19.1 Å². The Hall–Kier alpha value is -3.20. The molecule has 2 aliphatic rings. The molecule has 9 heteroatoms. The third kappa shape index (κ3) is 5.40. The fourth-order valence-corrected chi connectivity index (χ4v) is 2.65. The monoisotopic (exact) mass is 392 g/mol. The molecule has 0 aromatic heterocycles. The molecule has 4 rings (SSSR count). The number of nitrogens with two attached hydrogens (primary N) is 3. The molecule has 0 fully saturated rings. The van der Waals surface area contributed by atoms with Crippen molar-refractivity contribution in [2.45, 2.75) is 27.2 Å². The molecule has 0 spiro atoms. The summed E-state index contributed by atoms with van der Waals surface area (Å²) in [6.45, 7) is 3.26. The average molecular weight is 392 g/mol. The van der Waals surface area contributed by atoms with Crippen LogP contribution in [0.1, 0.15) is 25.5 Å². The molecule has 2 heterocycles. The Labute approximate surface area is 164 Å². The number of fused-ring (bicyclic) bond motifs is 2. The van der Waals surface area contributed by atoms with Crippen LogP contribution in [0.5, 0.6) is 11.5 Å². The summed E-state index contributed by atoms with van der Waals surface area (Å²) in [4.78, 5) is 9.99. The number of benzene rings is 2. The summed E-state index contributed by atoms with van der Waals surface area (Å²) in [6.07, 6.45) is 1.72. The van der Waals surface area contributed by atoms with Crippen LogP contribution in [0, 0.1) is 10.1 Å². The van der Waals surface area contributed by atoms with Gasteiger partial charge in [-0.3, -0.25) is 10.1 Å². The summed E-state index contributed by atoms with van der Waals surface area (Å²) < 4.78 is 10.5. The molecular weight excluding hydrogens is 364 g/mol. The molecule has 7 N–H and O–H groups in total. The van der Waals surface area contributed by atoms with Gasteiger partial charge in [0.2, 0.25) is 0 Å². The Kier molecular flexibility index (Phi) is 8.33. The molecule has 28 heavy (non-hydrogen) atoms. The summed E-state index contributed by atoms with van der Waals surface area (Å²) in [5.74, 6) is 1.47. The smallest absolute Gasteiger partial charge is 0.295 e. The summed E-state index contributed by atoms with van der Waals surface area (Å²) in [6, 6.07) is 6.67. The molecule has 9 nitrogen and oxygen atoms in total. The first-order chi connectivity index (χ1) is 12.9. The van der Waals surface area contributed by atoms with Crippen molar-refractivity contribution in [3.63, 3.8) is 0 Å². The van der Waals surface area contributed by atoms with E-state index in [-0.39, 0.29) is 25.4 Å². The van der Waals surface area contributed by atoms with Crippen molar-refractivity contribution in [1.29, 1.82) is 0 Å². The highest BCUT2D eigenvalue weighted by molar-refractivity contribution is 5.68. The third-order valence-corrected chi connectivity index (χ3v) is 3.93. The molecular formula is C19H28N4O5. The minimum atomic E-state index is -0.503. The number of aliphatic hydroxyl groups is 1. The molecule has 0 saturated carbocycles. The molecule has 0 bridgehead atoms. The molecule has 2 aliphatic heterocycles. The van der Waals surface area contributed by atoms with Crippen molar-refractivity contribution >= 4 is 22.7 Å². The second-order valence-corrected chi connectivity index (χ2v) is 5.88. The lowest BCUT2D eigenvalue weighted by Gasteiger charge is -2.02. The molecule has 154 valence electrons. The third-order valence-electron chi connectivity index (χ3n) is 3.93. The van der Waals surface area contributed by atoms with Crippen molar-refractivity contribution in [2.75, 3.05) is 37.0 Å². The van der Waals surface area contributed by atoms with Gasteiger partial charge in [-0.1, -0.05) is 7.43 Å². The zero-order valence-corrected chi connectivity index (χ0v) is 15.1. The minimum absolute atomic E-state index is 0. The van der Waals surface area contributed by atoms with Gasteiger partial charge in [0.25, 0.3) is 5.69 Å². The Morgan fingerprint density at radius 3 is 1.89 bits per heavy atom. The maximum atomic E-state index is 10.5. The van der Waals surface area contributed by atoms with Gasteiger partial charge in [0.15, 0.2) is 0 Å². The van der Waals surface area contributed by atoms with Gasteiger partial charge in [0, 0.05) is 31.1 Å². The Morgan fingerprint density at radius 2 is 1.39 bits per heavy atom. The van der Waals surface area contributed by atoms with E-state index in [4.69, 9.17) is 31.8 Å². The lowest BCUT2D eigenvalue weighted by molar-refractivity contribution is -0.384. The van der Waals surface area contributed by atoms with Crippen molar-refractivity contribution in [1.82, 2.24) is 0 Å². The van der Waals surface area contributed by atoms with Crippen LogP contribution in [-0.4, -0.2) is 29.9 Å². The number of ether oxygens (including phenoxy) is 2. The number of nitrogens with zero attached hydrogens (tertiary/aromatic N) is 1. The van der Waals surface area contributed by atoms with Crippen LogP contribution in [0.25, 0.3) is 0 Å². The fourth-order valence-electron chi connectivity index (χ4n) is 2.65. The number of hydrogen-bond acceptors (Lipinski definition) is 8. The van der Waals surface area contributed by atoms with E-state index in [1.807, 2.05) is 6.07 Å². The molecule has 0 aliphatic carbocycles. The van der Waals surface area contributed by atoms with Crippen molar-refractivity contribution in [2.24, 2.45) is 0 Å². The van der Waals surface area contributed by atoms with Crippen molar-refractivity contribution in [3.8, 4) is 11.5 Å². The number of rotatable bonds is 1. The van der Waals surface area contributed by atoms with Crippen LogP contribution >= 0.6 is 0 Å². The summed E-state index contributed by atoms with van der Waals surface area (Å²) in [5.41, 5.74) is 20.2. The predicted octanol–water partition coefficient (Wildman–Crippen LogP) is 2.53. The molecule has 2 aromatic rings. The number of anilines is 3. The van der Waals surface area contributed by atoms with E-state index in [0.717, 1.165) is 36.3 Å². The number of nitro groups is 1. The van der Waals surface area contributed by atoms with Crippen LogP contribution < -0.4 is 26.7 Å². The van der Waals surface area contributed by atoms with Crippen LogP contribution in [0.2, 0.25) is 0 Å². The second kappa shape index (κ2) is 10.2. The number of hydrogen-bond donors (Lipinski definition) is 4. The Balaban J connectivity index is 0.000000241. The zero-order chi connectivity index (χ0) is 20.0. The van der Waals surface area contributed by atoms with Gasteiger partial charge >= 0.3 is 0 Å². The lowest BCUT2D eigenvalue weighted by Crippen LogP contribution is -1.96. The van der Waals surface area contributed by atoms with Crippen molar-refractivity contribution < 1.29 is 19.5 Å². The van der Waals surface area contributed by atoms with Gasteiger partial charge in [-0.2, -0.15) is 0 Å². The normalized spacial score (nSPS) is 12.5. The average Bonchev–Trinajstić information content (AvgIpc) is 3.24. The predicted molar refractivity (Wildman–Crippen MR) is 111 cm³/mol. The van der Waals surface area contributed by atoms with Gasteiger partial charge in [-0.05, 0) is 24.6 Å². The first-order valence-electron chi connectivity index (χ1n) is 8.48. The number of nitro benzene ring substituents is 1. The fraction of sp³-hybridized carbons (Fsp3) is 0.368. The van der Waals surface area contributed by atoms with Crippen LogP contribution in [0.3, 0.4) is 0 Å². The highest BCUT2D eigenvalue weighted by Crippen LogP contribution is 2.34. The second-order valence-electron chi connectivity index (χ2n) is 5.88. The van der Waals surface area contributed by atoms with E-state index in [0.29, 0.717) is 23.7 Å². The quantitative estimate of drug-likeness (QED) is 0.327. The summed E-state index contributed by atoms with van der Waals surface area (Å²) in [5, 5.41) is 18.1. The van der Waals surface area contributed by atoms with E-state index in [1.165, 1.54) is 6.07 Å². The first kappa shape index (κ1) is 22.8. The van der Waals surface area contributed by atoms with Crippen LogP contribution in [0.15, 0.2) is 24.3 Å². The minimum Gasteiger partial charge on any atom is -0.493 e. The summed E-state index contributed by atoms with van der Waals surface area (Å²) in [7, 11) is 0. The SMILES string of the molecule is C.CCO.Nc1cc2c(cc1N)OCC2.Nc1cc2c(cc1[N+](=O)[O-])OCC2. The molecule has 0 radical (unpaired) electrons. The maximum absolute atomic E-state index is 10.5. The van der Waals surface area contributed by atoms with E-state index >= 15 is 0 Å².